The first-order valence-electron chi connectivity index (χ1n) is 25.6. The van der Waals surface area contributed by atoms with Crippen molar-refractivity contribution in [2.75, 3.05) is 13.2 Å². The molecule has 2 unspecified atom stereocenters. The van der Waals surface area contributed by atoms with Crippen LogP contribution in [0, 0.1) is 0 Å². The van der Waals surface area contributed by atoms with Crippen molar-refractivity contribution >= 4 is 5.91 Å². The fourth-order valence-corrected chi connectivity index (χ4v) is 8.15. The minimum Gasteiger partial charge on any atom is -0.394 e. The van der Waals surface area contributed by atoms with Gasteiger partial charge in [0.05, 0.1) is 25.4 Å². The lowest BCUT2D eigenvalue weighted by Gasteiger charge is -2.40. The zero-order chi connectivity index (χ0) is 43.7. The summed E-state index contributed by atoms with van der Waals surface area (Å²) in [6, 6.07) is -0.801. The molecule has 0 spiro atoms. The average Bonchev–Trinajstić information content (AvgIpc) is 3.25. The zero-order valence-corrected chi connectivity index (χ0v) is 39.0. The lowest BCUT2D eigenvalue weighted by atomic mass is 9.99. The lowest BCUT2D eigenvalue weighted by molar-refractivity contribution is -0.302. The summed E-state index contributed by atoms with van der Waals surface area (Å²) in [5, 5.41) is 54.3. The van der Waals surface area contributed by atoms with E-state index in [9.17, 15) is 30.3 Å². The van der Waals surface area contributed by atoms with Gasteiger partial charge in [-0.05, 0) is 44.9 Å². The van der Waals surface area contributed by atoms with Crippen molar-refractivity contribution in [1.82, 2.24) is 5.32 Å². The number of rotatable bonds is 43. The third kappa shape index (κ3) is 31.5. The van der Waals surface area contributed by atoms with E-state index in [1.807, 2.05) is 6.08 Å². The SMILES string of the molecule is CCCCCCCC/C=C/CCCCCCCCCCCCCCCC(=O)N[C@@H](CO[C@H]1O[C@@H](CO)[C@H](O)C(O)C1O)[C@H](O)/C=C/CCCCCCCCCCCCCC. The van der Waals surface area contributed by atoms with Gasteiger partial charge in [0, 0.05) is 6.42 Å². The molecule has 1 amide bonds. The number of hydrogen-bond donors (Lipinski definition) is 6. The summed E-state index contributed by atoms with van der Waals surface area (Å²) < 4.78 is 11.2. The fourth-order valence-electron chi connectivity index (χ4n) is 8.15. The summed E-state index contributed by atoms with van der Waals surface area (Å²) in [4.78, 5) is 13.0. The minimum absolute atomic E-state index is 0.175. The number of allylic oxidation sites excluding steroid dienone is 3. The largest absolute Gasteiger partial charge is 0.394 e. The Morgan fingerprint density at radius 3 is 1.35 bits per heavy atom. The lowest BCUT2D eigenvalue weighted by Crippen LogP contribution is -2.60. The third-order valence-electron chi connectivity index (χ3n) is 12.3. The van der Waals surface area contributed by atoms with E-state index in [0.29, 0.717) is 6.42 Å². The van der Waals surface area contributed by atoms with Crippen LogP contribution in [0.3, 0.4) is 0 Å². The molecule has 1 aliphatic heterocycles. The summed E-state index contributed by atoms with van der Waals surface area (Å²) >= 11 is 0. The Labute approximate surface area is 369 Å². The molecule has 60 heavy (non-hydrogen) atoms. The van der Waals surface area contributed by atoms with Crippen molar-refractivity contribution in [3.05, 3.63) is 24.3 Å². The van der Waals surface area contributed by atoms with E-state index in [0.717, 1.165) is 38.5 Å². The van der Waals surface area contributed by atoms with E-state index in [2.05, 4.69) is 31.3 Å². The fraction of sp³-hybridized carbons (Fsp3) is 0.902. The van der Waals surface area contributed by atoms with Gasteiger partial charge >= 0.3 is 0 Å². The number of hydrogen-bond acceptors (Lipinski definition) is 8. The van der Waals surface area contributed by atoms with Crippen molar-refractivity contribution < 1.29 is 39.8 Å². The smallest absolute Gasteiger partial charge is 0.220 e. The van der Waals surface area contributed by atoms with E-state index >= 15 is 0 Å². The summed E-state index contributed by atoms with van der Waals surface area (Å²) in [7, 11) is 0. The molecule has 0 aromatic rings. The van der Waals surface area contributed by atoms with Crippen LogP contribution in [0.5, 0.6) is 0 Å². The van der Waals surface area contributed by atoms with Crippen LogP contribution in [0.2, 0.25) is 0 Å². The van der Waals surface area contributed by atoms with Gasteiger partial charge < -0.3 is 40.3 Å². The van der Waals surface area contributed by atoms with E-state index < -0.39 is 49.5 Å². The highest BCUT2D eigenvalue weighted by Crippen LogP contribution is 2.23. The molecule has 354 valence electrons. The van der Waals surface area contributed by atoms with Crippen molar-refractivity contribution in [3.63, 3.8) is 0 Å². The van der Waals surface area contributed by atoms with E-state index in [1.54, 1.807) is 6.08 Å². The van der Waals surface area contributed by atoms with Gasteiger partial charge in [0.15, 0.2) is 6.29 Å². The Morgan fingerprint density at radius 2 is 0.933 bits per heavy atom. The van der Waals surface area contributed by atoms with Crippen LogP contribution >= 0.6 is 0 Å². The first-order chi connectivity index (χ1) is 29.3. The first kappa shape index (κ1) is 56.7. The first-order valence-corrected chi connectivity index (χ1v) is 25.6. The molecule has 7 atom stereocenters. The van der Waals surface area contributed by atoms with Gasteiger partial charge in [-0.2, -0.15) is 0 Å². The molecule has 0 bridgehead atoms. The summed E-state index contributed by atoms with van der Waals surface area (Å²) in [5.74, 6) is -0.175. The molecule has 0 aliphatic carbocycles. The van der Waals surface area contributed by atoms with Crippen LogP contribution in [0.25, 0.3) is 0 Å². The minimum atomic E-state index is -1.56. The Morgan fingerprint density at radius 1 is 0.550 bits per heavy atom. The van der Waals surface area contributed by atoms with Crippen LogP contribution in [-0.4, -0.2) is 87.5 Å². The number of aliphatic hydroxyl groups is 5. The molecule has 1 heterocycles. The Bertz CT molecular complexity index is 992. The average molecular weight is 852 g/mol. The highest BCUT2D eigenvalue weighted by atomic mass is 16.7. The maximum Gasteiger partial charge on any atom is 0.220 e. The normalized spacial score (nSPS) is 20.7. The zero-order valence-electron chi connectivity index (χ0n) is 39.0. The molecule has 1 fully saturated rings. The predicted octanol–water partition coefficient (Wildman–Crippen LogP) is 11.5. The van der Waals surface area contributed by atoms with Crippen LogP contribution in [0.1, 0.15) is 239 Å². The maximum absolute atomic E-state index is 13.0. The van der Waals surface area contributed by atoms with E-state index in [1.165, 1.54) is 180 Å². The molecule has 9 heteroatoms. The second-order valence-corrected chi connectivity index (χ2v) is 18.0. The van der Waals surface area contributed by atoms with Crippen LogP contribution in [0.4, 0.5) is 0 Å². The number of amides is 1. The van der Waals surface area contributed by atoms with Crippen molar-refractivity contribution in [3.8, 4) is 0 Å². The Balaban J connectivity index is 2.25. The molecule has 0 aromatic heterocycles. The molecule has 9 nitrogen and oxygen atoms in total. The molecular formula is C51H97NO8. The van der Waals surface area contributed by atoms with E-state index in [4.69, 9.17) is 9.47 Å². The number of nitrogens with one attached hydrogen (secondary N) is 1. The Kier molecular flexibility index (Phi) is 39.4. The van der Waals surface area contributed by atoms with Gasteiger partial charge in [-0.3, -0.25) is 4.79 Å². The standard InChI is InChI=1S/C51H97NO8/c1-3-5-7-9-11-13-15-17-19-20-21-22-23-24-25-26-27-29-31-33-35-37-39-41-47(55)52-44(43-59-51-50(58)49(57)48(56)46(42-53)60-51)45(54)40-38-36-34-32-30-28-18-16-14-12-10-8-6-4-2/h17,19,38,40,44-46,48-51,53-54,56-58H,3-16,18,20-37,39,41-43H2,1-2H3,(H,52,55)/b19-17+,40-38+/t44-,45+,46-,48-,49?,50?,51-/m0/s1. The second-order valence-electron chi connectivity index (χ2n) is 18.0. The van der Waals surface area contributed by atoms with Crippen LogP contribution in [0.15, 0.2) is 24.3 Å². The third-order valence-corrected chi connectivity index (χ3v) is 12.3. The number of unbranched alkanes of at least 4 members (excludes halogenated alkanes) is 31. The van der Waals surface area contributed by atoms with Gasteiger partial charge in [-0.1, -0.05) is 212 Å². The van der Waals surface area contributed by atoms with Crippen molar-refractivity contribution in [2.24, 2.45) is 0 Å². The Hall–Kier alpha value is -1.33. The van der Waals surface area contributed by atoms with Gasteiger partial charge in [0.2, 0.25) is 5.91 Å². The summed E-state index contributed by atoms with van der Waals surface area (Å²) in [6.07, 6.45) is 43.7. The van der Waals surface area contributed by atoms with Crippen molar-refractivity contribution in [2.45, 2.75) is 281 Å². The summed E-state index contributed by atoms with van der Waals surface area (Å²) in [6.45, 7) is 3.78. The predicted molar refractivity (Wildman–Crippen MR) is 249 cm³/mol. The highest BCUT2D eigenvalue weighted by molar-refractivity contribution is 5.76. The molecular weight excluding hydrogens is 755 g/mol. The van der Waals surface area contributed by atoms with Gasteiger partial charge in [-0.15, -0.1) is 0 Å². The molecule has 0 radical (unpaired) electrons. The highest BCUT2D eigenvalue weighted by Gasteiger charge is 2.44. The molecule has 0 saturated carbocycles. The van der Waals surface area contributed by atoms with Crippen LogP contribution < -0.4 is 5.32 Å². The van der Waals surface area contributed by atoms with Gasteiger partial charge in [0.1, 0.15) is 24.4 Å². The molecule has 0 aromatic carbocycles. The van der Waals surface area contributed by atoms with Crippen LogP contribution in [-0.2, 0) is 14.3 Å². The summed E-state index contributed by atoms with van der Waals surface area (Å²) in [5.41, 5.74) is 0. The van der Waals surface area contributed by atoms with Crippen molar-refractivity contribution in [1.29, 1.82) is 0 Å². The van der Waals surface area contributed by atoms with Gasteiger partial charge in [0.25, 0.3) is 0 Å². The molecule has 1 rings (SSSR count). The topological polar surface area (TPSA) is 149 Å². The number of aliphatic hydroxyl groups excluding tert-OH is 5. The molecule has 6 N–H and O–H groups in total. The number of ether oxygens (including phenoxy) is 2. The molecule has 1 saturated heterocycles. The maximum atomic E-state index is 13.0. The van der Waals surface area contributed by atoms with Gasteiger partial charge in [-0.25, -0.2) is 0 Å². The number of carbonyl (C=O) groups excluding carboxylic acids is 1. The number of carbonyl (C=O) groups is 1. The molecule has 1 aliphatic rings. The second kappa shape index (κ2) is 41.7. The van der Waals surface area contributed by atoms with E-state index in [-0.39, 0.29) is 12.5 Å². The quantitative estimate of drug-likeness (QED) is 0.0262. The monoisotopic (exact) mass is 852 g/mol.